The van der Waals surface area contributed by atoms with E-state index >= 15 is 0 Å². The molecule has 0 radical (unpaired) electrons. The van der Waals surface area contributed by atoms with E-state index in [2.05, 4.69) is 11.2 Å². The van der Waals surface area contributed by atoms with E-state index in [0.29, 0.717) is 19.4 Å². The minimum atomic E-state index is -0.922. The number of ether oxygens (including phenoxy) is 1. The molecule has 40 heavy (non-hydrogen) atoms. The Balaban J connectivity index is 0.000000382. The first kappa shape index (κ1) is 32.3. The number of aryl methyl sites for hydroxylation is 1. The molecule has 2 aromatic rings. The van der Waals surface area contributed by atoms with Crippen LogP contribution in [0.25, 0.3) is 0 Å². The highest BCUT2D eigenvalue weighted by atomic mass is 19.1. The lowest BCUT2D eigenvalue weighted by Crippen LogP contribution is -2.49. The van der Waals surface area contributed by atoms with Crippen molar-refractivity contribution < 1.29 is 23.5 Å². The van der Waals surface area contributed by atoms with Gasteiger partial charge in [0.2, 0.25) is 17.7 Å². The van der Waals surface area contributed by atoms with Gasteiger partial charge in [-0.1, -0.05) is 31.0 Å². The van der Waals surface area contributed by atoms with Crippen LogP contribution in [0, 0.1) is 25.1 Å². The fraction of sp³-hybridized carbons (Fsp3) is 0.452. The minimum absolute atomic E-state index is 0.0626. The van der Waals surface area contributed by atoms with Crippen molar-refractivity contribution in [1.82, 2.24) is 10.2 Å². The molecule has 1 atom stereocenters. The standard InChI is InChI=1S/C20H30FN3O4.C11H11N/c1-4-10-23-20(27)16(13-18(22)25)24(3)19(26)7-5-6-11-28-17-9-8-14(2)12-15(17)21;1-2-9-4-3-5-10(8-9)11(12)6-7-11/h8-9,12,16H,4-7,10-11,13H2,1-3H3,(H2,22,25)(H,23,27);1,3-5,8H,6-7,12H2. The van der Waals surface area contributed by atoms with Gasteiger partial charge in [0.1, 0.15) is 6.04 Å². The van der Waals surface area contributed by atoms with E-state index in [0.717, 1.165) is 30.4 Å². The van der Waals surface area contributed by atoms with Gasteiger partial charge in [-0.15, -0.1) is 6.42 Å². The number of primary amides is 1. The zero-order valence-corrected chi connectivity index (χ0v) is 23.7. The number of amides is 3. The van der Waals surface area contributed by atoms with Crippen molar-refractivity contribution in [2.24, 2.45) is 11.5 Å². The monoisotopic (exact) mass is 552 g/mol. The number of hydrogen-bond acceptors (Lipinski definition) is 5. The molecule has 1 aliphatic rings. The van der Waals surface area contributed by atoms with Gasteiger partial charge in [-0.25, -0.2) is 4.39 Å². The van der Waals surface area contributed by atoms with Crippen molar-refractivity contribution in [2.75, 3.05) is 20.2 Å². The molecule has 0 heterocycles. The Labute approximate surface area is 236 Å². The maximum absolute atomic E-state index is 13.7. The van der Waals surface area contributed by atoms with Crippen LogP contribution in [0.3, 0.4) is 0 Å². The predicted molar refractivity (Wildman–Crippen MR) is 154 cm³/mol. The summed E-state index contributed by atoms with van der Waals surface area (Å²) < 4.78 is 19.1. The van der Waals surface area contributed by atoms with Crippen LogP contribution >= 0.6 is 0 Å². The number of carbonyl (C=O) groups is 3. The van der Waals surface area contributed by atoms with Crippen molar-refractivity contribution in [2.45, 2.75) is 70.4 Å². The van der Waals surface area contributed by atoms with Crippen LogP contribution in [0.4, 0.5) is 4.39 Å². The van der Waals surface area contributed by atoms with Gasteiger partial charge in [0.25, 0.3) is 0 Å². The molecule has 1 aliphatic carbocycles. The summed E-state index contributed by atoms with van der Waals surface area (Å²) in [7, 11) is 1.49. The third-order valence-corrected chi connectivity index (χ3v) is 6.63. The zero-order valence-electron chi connectivity index (χ0n) is 23.7. The second-order valence-corrected chi connectivity index (χ2v) is 10.1. The van der Waals surface area contributed by atoms with Crippen LogP contribution in [0.1, 0.15) is 68.6 Å². The van der Waals surface area contributed by atoms with Crippen molar-refractivity contribution >= 4 is 17.7 Å². The lowest BCUT2D eigenvalue weighted by molar-refractivity contribution is -0.140. The Morgan fingerprint density at radius 3 is 2.52 bits per heavy atom. The number of terminal acetylenes is 1. The number of rotatable bonds is 13. The largest absolute Gasteiger partial charge is 0.491 e. The summed E-state index contributed by atoms with van der Waals surface area (Å²) in [5, 5.41) is 2.68. The van der Waals surface area contributed by atoms with Crippen molar-refractivity contribution in [3.8, 4) is 18.1 Å². The van der Waals surface area contributed by atoms with Gasteiger partial charge in [0.15, 0.2) is 11.6 Å². The molecule has 1 unspecified atom stereocenters. The molecule has 0 spiro atoms. The third kappa shape index (κ3) is 10.3. The van der Waals surface area contributed by atoms with Crippen LogP contribution in [-0.4, -0.2) is 48.9 Å². The second-order valence-electron chi connectivity index (χ2n) is 10.1. The van der Waals surface area contributed by atoms with Crippen LogP contribution in [0.15, 0.2) is 42.5 Å². The molecule has 5 N–H and O–H groups in total. The first-order chi connectivity index (χ1) is 19.0. The lowest BCUT2D eigenvalue weighted by atomic mass is 10.0. The maximum Gasteiger partial charge on any atom is 0.243 e. The van der Waals surface area contributed by atoms with Crippen molar-refractivity contribution in [3.05, 3.63) is 65.0 Å². The number of benzene rings is 2. The number of nitrogens with zero attached hydrogens (tertiary/aromatic N) is 1. The third-order valence-electron chi connectivity index (χ3n) is 6.63. The molecule has 3 rings (SSSR count). The van der Waals surface area contributed by atoms with Gasteiger partial charge < -0.3 is 26.4 Å². The Kier molecular flexibility index (Phi) is 12.6. The maximum atomic E-state index is 13.7. The van der Waals surface area contributed by atoms with Gasteiger partial charge in [-0.2, -0.15) is 0 Å². The second kappa shape index (κ2) is 15.6. The number of halogens is 1. The number of nitrogens with one attached hydrogen (secondary N) is 1. The number of hydrogen-bond donors (Lipinski definition) is 3. The quantitative estimate of drug-likeness (QED) is 0.259. The molecule has 0 aliphatic heterocycles. The van der Waals surface area contributed by atoms with Gasteiger partial charge in [-0.3, -0.25) is 14.4 Å². The van der Waals surface area contributed by atoms with Gasteiger partial charge >= 0.3 is 0 Å². The lowest BCUT2D eigenvalue weighted by Gasteiger charge is -2.26. The summed E-state index contributed by atoms with van der Waals surface area (Å²) >= 11 is 0. The van der Waals surface area contributed by atoms with Crippen molar-refractivity contribution in [1.29, 1.82) is 0 Å². The summed E-state index contributed by atoms with van der Waals surface area (Å²) in [5.41, 5.74) is 14.1. The van der Waals surface area contributed by atoms with E-state index in [1.54, 1.807) is 19.1 Å². The predicted octanol–water partition coefficient (Wildman–Crippen LogP) is 3.53. The average molecular weight is 553 g/mol. The number of nitrogens with two attached hydrogens (primary N) is 2. The minimum Gasteiger partial charge on any atom is -0.491 e. The number of carbonyl (C=O) groups excluding carboxylic acids is 3. The van der Waals surface area contributed by atoms with Gasteiger partial charge in [0.05, 0.1) is 13.0 Å². The molecule has 1 fully saturated rings. The summed E-state index contributed by atoms with van der Waals surface area (Å²) in [5.74, 6) is 1.07. The summed E-state index contributed by atoms with van der Waals surface area (Å²) in [4.78, 5) is 37.1. The molecule has 2 aromatic carbocycles. The van der Waals surface area contributed by atoms with E-state index < -0.39 is 23.7 Å². The van der Waals surface area contributed by atoms with E-state index in [9.17, 15) is 18.8 Å². The highest BCUT2D eigenvalue weighted by Gasteiger charge is 2.39. The molecule has 216 valence electrons. The van der Waals surface area contributed by atoms with E-state index in [4.69, 9.17) is 22.6 Å². The molecule has 0 bridgehead atoms. The van der Waals surface area contributed by atoms with Crippen LogP contribution in [0.2, 0.25) is 0 Å². The molecule has 9 heteroatoms. The normalized spacial score (nSPS) is 13.6. The van der Waals surface area contributed by atoms with Crippen LogP contribution in [-0.2, 0) is 19.9 Å². The molecular formula is C31H41FN4O4. The molecule has 0 aromatic heterocycles. The molecule has 8 nitrogen and oxygen atoms in total. The summed E-state index contributed by atoms with van der Waals surface area (Å²) in [6, 6.07) is 11.8. The molecule has 0 saturated heterocycles. The van der Waals surface area contributed by atoms with Gasteiger partial charge in [0, 0.05) is 31.1 Å². The zero-order chi connectivity index (χ0) is 29.7. The Hall–Kier alpha value is -3.90. The van der Waals surface area contributed by atoms with Crippen molar-refractivity contribution in [3.63, 3.8) is 0 Å². The smallest absolute Gasteiger partial charge is 0.243 e. The van der Waals surface area contributed by atoms with E-state index in [1.165, 1.54) is 23.6 Å². The highest BCUT2D eigenvalue weighted by Crippen LogP contribution is 2.42. The summed E-state index contributed by atoms with van der Waals surface area (Å²) in [6.45, 7) is 4.44. The summed E-state index contributed by atoms with van der Waals surface area (Å²) in [6.07, 6.45) is 9.22. The Morgan fingerprint density at radius 2 is 1.93 bits per heavy atom. The SMILES string of the molecule is C#Cc1cccc(C2(N)CC2)c1.CCCNC(=O)C(CC(N)=O)N(C)C(=O)CCCCOc1ccc(C)cc1F. The van der Waals surface area contributed by atoms with E-state index in [-0.39, 0.29) is 36.6 Å². The first-order valence-corrected chi connectivity index (χ1v) is 13.6. The van der Waals surface area contributed by atoms with Crippen LogP contribution in [0.5, 0.6) is 5.75 Å². The number of unbranched alkanes of at least 4 members (excludes halogenated alkanes) is 1. The highest BCUT2D eigenvalue weighted by molar-refractivity contribution is 5.91. The molecule has 1 saturated carbocycles. The Morgan fingerprint density at radius 1 is 1.20 bits per heavy atom. The Bertz CT molecular complexity index is 1210. The first-order valence-electron chi connectivity index (χ1n) is 13.6. The molecular weight excluding hydrogens is 511 g/mol. The topological polar surface area (TPSA) is 128 Å². The fourth-order valence-corrected chi connectivity index (χ4v) is 3.94. The average Bonchev–Trinajstić information content (AvgIpc) is 3.69. The van der Waals surface area contributed by atoms with E-state index in [1.807, 2.05) is 31.2 Å². The van der Waals surface area contributed by atoms with Crippen LogP contribution < -0.4 is 21.5 Å². The van der Waals surface area contributed by atoms with Gasteiger partial charge in [-0.05, 0) is 74.4 Å². The number of likely N-dealkylation sites (N-methyl/N-ethyl adjacent to an activating group) is 1. The fourth-order valence-electron chi connectivity index (χ4n) is 3.94. The molecule has 3 amide bonds.